The Bertz CT molecular complexity index is 1220. The summed E-state index contributed by atoms with van der Waals surface area (Å²) in [7, 11) is -3.81. The second-order valence-corrected chi connectivity index (χ2v) is 10.9. The van der Waals surface area contributed by atoms with E-state index < -0.39 is 21.8 Å². The lowest BCUT2D eigenvalue weighted by Gasteiger charge is -2.31. The van der Waals surface area contributed by atoms with Crippen LogP contribution in [-0.4, -0.2) is 43.7 Å². The van der Waals surface area contributed by atoms with Crippen LogP contribution in [0.15, 0.2) is 41.3 Å². The summed E-state index contributed by atoms with van der Waals surface area (Å²) in [5.41, 5.74) is 1.91. The Labute approximate surface area is 197 Å². The maximum Gasteiger partial charge on any atom is 0.243 e. The lowest BCUT2D eigenvalue weighted by Crippen LogP contribution is -2.43. The number of carbonyl (C=O) groups is 2. The largest absolute Gasteiger partial charge is 0.326 e. The lowest BCUT2D eigenvalue weighted by molar-refractivity contribution is -0.121. The minimum Gasteiger partial charge on any atom is -0.326 e. The summed E-state index contributed by atoms with van der Waals surface area (Å²) in [6.45, 7) is 3.80. The number of carbonyl (C=O) groups excluding carboxylic acids is 2. The molecule has 7 nitrogen and oxygen atoms in total. The quantitative estimate of drug-likeness (QED) is 0.701. The van der Waals surface area contributed by atoms with Gasteiger partial charge in [0, 0.05) is 37.4 Å². The third-order valence-corrected chi connectivity index (χ3v) is 8.34. The van der Waals surface area contributed by atoms with Gasteiger partial charge in [-0.1, -0.05) is 11.6 Å². The molecule has 0 aliphatic carbocycles. The zero-order chi connectivity index (χ0) is 23.9. The number of benzene rings is 2. The van der Waals surface area contributed by atoms with E-state index in [0.29, 0.717) is 31.5 Å². The summed E-state index contributed by atoms with van der Waals surface area (Å²) in [6.07, 6.45) is 1.67. The van der Waals surface area contributed by atoms with Crippen LogP contribution in [0.3, 0.4) is 0 Å². The van der Waals surface area contributed by atoms with Gasteiger partial charge >= 0.3 is 0 Å². The predicted molar refractivity (Wildman–Crippen MR) is 124 cm³/mol. The number of amides is 2. The van der Waals surface area contributed by atoms with Gasteiger partial charge in [-0.05, 0) is 68.1 Å². The highest BCUT2D eigenvalue weighted by molar-refractivity contribution is 7.89. The first-order valence-electron chi connectivity index (χ1n) is 10.8. The predicted octanol–water partition coefficient (Wildman–Crippen LogP) is 3.82. The fraction of sp³-hybridized carbons (Fsp3) is 0.391. The molecular weight excluding hydrogens is 469 g/mol. The Morgan fingerprint density at radius 3 is 2.64 bits per heavy atom. The van der Waals surface area contributed by atoms with Crippen molar-refractivity contribution < 1.29 is 22.4 Å². The average Bonchev–Trinajstić information content (AvgIpc) is 3.11. The highest BCUT2D eigenvalue weighted by atomic mass is 35.5. The number of piperidine rings is 1. The molecule has 0 saturated carbocycles. The Morgan fingerprint density at radius 1 is 1.18 bits per heavy atom. The SMILES string of the molecule is CC(=O)N1c2ccc(S(=O)(=O)N3CCC[C@H](C(=O)Nc4ccc(F)c(Cl)c4)C3)cc2C[C@@H]1C. The van der Waals surface area contributed by atoms with Crippen molar-refractivity contribution in [1.82, 2.24) is 4.31 Å². The van der Waals surface area contributed by atoms with Gasteiger partial charge in [0.2, 0.25) is 21.8 Å². The van der Waals surface area contributed by atoms with Crippen molar-refractivity contribution in [3.8, 4) is 0 Å². The first-order valence-corrected chi connectivity index (χ1v) is 12.6. The van der Waals surface area contributed by atoms with Gasteiger partial charge in [-0.15, -0.1) is 0 Å². The molecule has 2 aliphatic rings. The highest BCUT2D eigenvalue weighted by Gasteiger charge is 2.35. The summed E-state index contributed by atoms with van der Waals surface area (Å²) in [5.74, 6) is -1.54. The van der Waals surface area contributed by atoms with Crippen LogP contribution in [-0.2, 0) is 26.0 Å². The van der Waals surface area contributed by atoms with Crippen LogP contribution in [0, 0.1) is 11.7 Å². The first-order chi connectivity index (χ1) is 15.6. The second-order valence-electron chi connectivity index (χ2n) is 8.55. The van der Waals surface area contributed by atoms with Gasteiger partial charge in [0.15, 0.2) is 0 Å². The van der Waals surface area contributed by atoms with E-state index in [-0.39, 0.29) is 34.3 Å². The monoisotopic (exact) mass is 493 g/mol. The lowest BCUT2D eigenvalue weighted by atomic mass is 9.99. The molecule has 0 radical (unpaired) electrons. The number of sulfonamides is 1. The Morgan fingerprint density at radius 2 is 1.94 bits per heavy atom. The molecule has 1 fully saturated rings. The zero-order valence-corrected chi connectivity index (χ0v) is 19.9. The molecule has 33 heavy (non-hydrogen) atoms. The van der Waals surface area contributed by atoms with E-state index in [1.54, 1.807) is 17.0 Å². The van der Waals surface area contributed by atoms with Crippen molar-refractivity contribution in [2.45, 2.75) is 44.0 Å². The number of hydrogen-bond acceptors (Lipinski definition) is 4. The number of anilines is 2. The van der Waals surface area contributed by atoms with Crippen LogP contribution in [0.5, 0.6) is 0 Å². The number of hydrogen-bond donors (Lipinski definition) is 1. The molecule has 1 N–H and O–H groups in total. The molecule has 2 aliphatic heterocycles. The Hall–Kier alpha value is -2.49. The Balaban J connectivity index is 1.51. The summed E-state index contributed by atoms with van der Waals surface area (Å²) >= 11 is 5.77. The normalized spacial score (nSPS) is 21.0. The highest BCUT2D eigenvalue weighted by Crippen LogP contribution is 2.35. The zero-order valence-electron chi connectivity index (χ0n) is 18.3. The van der Waals surface area contributed by atoms with Crippen molar-refractivity contribution in [3.05, 3.63) is 52.8 Å². The molecular formula is C23H25ClFN3O4S. The third-order valence-electron chi connectivity index (χ3n) is 6.19. The molecule has 4 rings (SSSR count). The van der Waals surface area contributed by atoms with E-state index >= 15 is 0 Å². The summed E-state index contributed by atoms with van der Waals surface area (Å²) in [4.78, 5) is 26.5. The smallest absolute Gasteiger partial charge is 0.243 e. The second kappa shape index (κ2) is 9.04. The van der Waals surface area contributed by atoms with Crippen LogP contribution >= 0.6 is 11.6 Å². The van der Waals surface area contributed by atoms with Crippen LogP contribution in [0.4, 0.5) is 15.8 Å². The first kappa shape index (κ1) is 23.7. The molecule has 0 aromatic heterocycles. The van der Waals surface area contributed by atoms with Gasteiger partial charge < -0.3 is 10.2 Å². The maximum absolute atomic E-state index is 13.4. The number of fused-ring (bicyclic) bond motifs is 1. The third kappa shape index (κ3) is 4.62. The molecule has 2 atom stereocenters. The molecule has 176 valence electrons. The van der Waals surface area contributed by atoms with Crippen molar-refractivity contribution in [2.24, 2.45) is 5.92 Å². The average molecular weight is 494 g/mol. The molecule has 0 bridgehead atoms. The van der Waals surface area contributed by atoms with Crippen LogP contribution in [0.2, 0.25) is 5.02 Å². The van der Waals surface area contributed by atoms with Crippen LogP contribution in [0.1, 0.15) is 32.3 Å². The number of nitrogens with zero attached hydrogens (tertiary/aromatic N) is 2. The minimum atomic E-state index is -3.81. The number of halogens is 2. The summed E-state index contributed by atoms with van der Waals surface area (Å²) < 4.78 is 41.4. The van der Waals surface area contributed by atoms with Gasteiger partial charge in [0.1, 0.15) is 5.82 Å². The van der Waals surface area contributed by atoms with Gasteiger partial charge in [-0.2, -0.15) is 4.31 Å². The van der Waals surface area contributed by atoms with E-state index in [4.69, 9.17) is 11.6 Å². The van der Waals surface area contributed by atoms with Crippen molar-refractivity contribution in [1.29, 1.82) is 0 Å². The molecule has 0 unspecified atom stereocenters. The number of nitrogens with one attached hydrogen (secondary N) is 1. The van der Waals surface area contributed by atoms with Gasteiger partial charge in [0.05, 0.1) is 15.8 Å². The van der Waals surface area contributed by atoms with Crippen molar-refractivity contribution >= 4 is 44.8 Å². The molecule has 1 saturated heterocycles. The molecule has 2 amide bonds. The van der Waals surface area contributed by atoms with Gasteiger partial charge in [-0.25, -0.2) is 12.8 Å². The van der Waals surface area contributed by atoms with E-state index in [1.807, 2.05) is 6.92 Å². The fourth-order valence-corrected chi connectivity index (χ4v) is 6.35. The number of rotatable bonds is 4. The van der Waals surface area contributed by atoms with Gasteiger partial charge in [0.25, 0.3) is 0 Å². The standard InChI is InChI=1S/C23H25ClFN3O4S/c1-14-10-17-11-19(6-8-22(17)28(14)15(2)29)33(31,32)27-9-3-4-16(13-27)23(30)26-18-5-7-21(25)20(24)12-18/h5-8,11-12,14,16H,3-4,9-10,13H2,1-2H3,(H,26,30)/t14-,16-/m0/s1. The van der Waals surface area contributed by atoms with E-state index in [0.717, 1.165) is 17.3 Å². The topological polar surface area (TPSA) is 86.8 Å². The fourth-order valence-electron chi connectivity index (χ4n) is 4.59. The maximum atomic E-state index is 13.4. The molecule has 2 heterocycles. The summed E-state index contributed by atoms with van der Waals surface area (Å²) in [5, 5.41) is 2.59. The molecule has 2 aromatic carbocycles. The van der Waals surface area contributed by atoms with Crippen LogP contribution < -0.4 is 10.2 Å². The van der Waals surface area contributed by atoms with Crippen molar-refractivity contribution in [3.63, 3.8) is 0 Å². The van der Waals surface area contributed by atoms with E-state index in [2.05, 4.69) is 5.32 Å². The molecule has 2 aromatic rings. The molecule has 10 heteroatoms. The summed E-state index contributed by atoms with van der Waals surface area (Å²) in [6, 6.07) is 8.70. The van der Waals surface area contributed by atoms with E-state index in [1.165, 1.54) is 29.4 Å². The molecule has 0 spiro atoms. The minimum absolute atomic E-state index is 0.0292. The Kier molecular flexibility index (Phi) is 6.48. The van der Waals surface area contributed by atoms with Crippen LogP contribution in [0.25, 0.3) is 0 Å². The van der Waals surface area contributed by atoms with E-state index in [9.17, 15) is 22.4 Å². The van der Waals surface area contributed by atoms with Gasteiger partial charge in [-0.3, -0.25) is 9.59 Å². The van der Waals surface area contributed by atoms with Crippen molar-refractivity contribution in [2.75, 3.05) is 23.3 Å².